The van der Waals surface area contributed by atoms with E-state index in [9.17, 15) is 9.59 Å². The van der Waals surface area contributed by atoms with Crippen LogP contribution in [0.4, 0.5) is 5.69 Å². The molecule has 1 unspecified atom stereocenters. The van der Waals surface area contributed by atoms with E-state index >= 15 is 0 Å². The first-order valence-corrected chi connectivity index (χ1v) is 7.13. The Hall–Kier alpha value is -1.07. The van der Waals surface area contributed by atoms with E-state index in [1.807, 2.05) is 13.8 Å². The topological polar surface area (TPSA) is 49.4 Å². The van der Waals surface area contributed by atoms with Crippen molar-refractivity contribution in [2.45, 2.75) is 19.9 Å². The molecule has 1 saturated heterocycles. The lowest BCUT2D eigenvalue weighted by atomic mass is 10.0. The van der Waals surface area contributed by atoms with Crippen molar-refractivity contribution >= 4 is 45.0 Å². The normalized spacial score (nSPS) is 19.8. The molecule has 19 heavy (non-hydrogen) atoms. The van der Waals surface area contributed by atoms with Gasteiger partial charge in [0.1, 0.15) is 12.6 Å². The summed E-state index contributed by atoms with van der Waals surface area (Å²) in [5.41, 5.74) is 0.638. The van der Waals surface area contributed by atoms with Crippen molar-refractivity contribution in [2.75, 3.05) is 11.4 Å². The van der Waals surface area contributed by atoms with Gasteiger partial charge in [-0.2, -0.15) is 0 Å². The molecule has 0 saturated carbocycles. The highest BCUT2D eigenvalue weighted by molar-refractivity contribution is 9.10. The van der Waals surface area contributed by atoms with E-state index in [-0.39, 0.29) is 24.3 Å². The Bertz CT molecular complexity index is 533. The zero-order chi connectivity index (χ0) is 14.2. The van der Waals surface area contributed by atoms with Crippen molar-refractivity contribution in [3.63, 3.8) is 0 Å². The molecule has 6 heteroatoms. The standard InChI is InChI=1S/C13H14BrClN2O2/c1-7(2)12-13(19)17(6-11(18)16-12)8-3-4-9(14)10(15)5-8/h3-5,7,12H,6H2,1-2H3,(H,16,18). The third-order valence-electron chi connectivity index (χ3n) is 3.03. The summed E-state index contributed by atoms with van der Waals surface area (Å²) in [6.45, 7) is 3.84. The molecule has 1 aromatic carbocycles. The number of piperazine rings is 1. The van der Waals surface area contributed by atoms with Crippen molar-refractivity contribution in [2.24, 2.45) is 5.92 Å². The minimum absolute atomic E-state index is 0.0278. The van der Waals surface area contributed by atoms with Crippen LogP contribution >= 0.6 is 27.5 Å². The molecule has 0 bridgehead atoms. The van der Waals surface area contributed by atoms with Crippen LogP contribution in [-0.4, -0.2) is 24.4 Å². The number of amides is 2. The SMILES string of the molecule is CC(C)C1NC(=O)CN(c2ccc(Br)c(Cl)c2)C1=O. The van der Waals surface area contributed by atoms with Gasteiger partial charge in [-0.3, -0.25) is 9.59 Å². The minimum Gasteiger partial charge on any atom is -0.342 e. The van der Waals surface area contributed by atoms with Crippen LogP contribution in [0.3, 0.4) is 0 Å². The number of hydrogen-bond acceptors (Lipinski definition) is 2. The van der Waals surface area contributed by atoms with Gasteiger partial charge in [0.15, 0.2) is 0 Å². The number of nitrogens with zero attached hydrogens (tertiary/aromatic N) is 1. The third-order valence-corrected chi connectivity index (χ3v) is 4.26. The van der Waals surface area contributed by atoms with Crippen molar-refractivity contribution in [3.8, 4) is 0 Å². The van der Waals surface area contributed by atoms with Gasteiger partial charge in [-0.05, 0) is 40.0 Å². The number of rotatable bonds is 2. The summed E-state index contributed by atoms with van der Waals surface area (Å²) in [6.07, 6.45) is 0. The van der Waals surface area contributed by atoms with E-state index in [0.29, 0.717) is 10.7 Å². The number of carbonyl (C=O) groups is 2. The summed E-state index contributed by atoms with van der Waals surface area (Å²) in [5.74, 6) is -0.212. The maximum Gasteiger partial charge on any atom is 0.250 e. The van der Waals surface area contributed by atoms with Crippen LogP contribution in [0.1, 0.15) is 13.8 Å². The lowest BCUT2D eigenvalue weighted by Gasteiger charge is -2.34. The molecular formula is C13H14BrClN2O2. The van der Waals surface area contributed by atoms with Crippen LogP contribution in [-0.2, 0) is 9.59 Å². The molecule has 0 spiro atoms. The summed E-state index contributed by atoms with van der Waals surface area (Å²) in [4.78, 5) is 25.6. The number of anilines is 1. The van der Waals surface area contributed by atoms with E-state index in [0.717, 1.165) is 4.47 Å². The third kappa shape index (κ3) is 2.92. The zero-order valence-corrected chi connectivity index (χ0v) is 13.0. The highest BCUT2D eigenvalue weighted by atomic mass is 79.9. The molecular weight excluding hydrogens is 332 g/mol. The van der Waals surface area contributed by atoms with E-state index in [1.165, 1.54) is 4.90 Å². The molecule has 1 aliphatic rings. The van der Waals surface area contributed by atoms with Crippen LogP contribution in [0.25, 0.3) is 0 Å². The second kappa shape index (κ2) is 5.51. The number of benzene rings is 1. The van der Waals surface area contributed by atoms with E-state index < -0.39 is 6.04 Å². The average molecular weight is 346 g/mol. The predicted molar refractivity (Wildman–Crippen MR) is 78.3 cm³/mol. The lowest BCUT2D eigenvalue weighted by Crippen LogP contribution is -2.60. The van der Waals surface area contributed by atoms with E-state index in [1.54, 1.807) is 18.2 Å². The van der Waals surface area contributed by atoms with Crippen LogP contribution in [0, 0.1) is 5.92 Å². The second-order valence-corrected chi connectivity index (χ2v) is 6.07. The quantitative estimate of drug-likeness (QED) is 0.895. The molecule has 0 aromatic heterocycles. The molecule has 0 aliphatic carbocycles. The number of nitrogens with one attached hydrogen (secondary N) is 1. The van der Waals surface area contributed by atoms with Gasteiger partial charge in [0, 0.05) is 10.2 Å². The Morgan fingerprint density at radius 3 is 2.68 bits per heavy atom. The Labute approximate surface area is 125 Å². The largest absolute Gasteiger partial charge is 0.342 e. The summed E-state index contributed by atoms with van der Waals surface area (Å²) >= 11 is 9.33. The number of carbonyl (C=O) groups excluding carboxylic acids is 2. The fourth-order valence-electron chi connectivity index (χ4n) is 1.99. The van der Waals surface area contributed by atoms with Gasteiger partial charge >= 0.3 is 0 Å². The molecule has 4 nitrogen and oxygen atoms in total. The smallest absolute Gasteiger partial charge is 0.250 e. The minimum atomic E-state index is -0.483. The fourth-order valence-corrected chi connectivity index (χ4v) is 2.41. The van der Waals surface area contributed by atoms with Crippen molar-refractivity contribution in [1.29, 1.82) is 0 Å². The maximum absolute atomic E-state index is 12.4. The number of hydrogen-bond donors (Lipinski definition) is 1. The van der Waals surface area contributed by atoms with E-state index in [4.69, 9.17) is 11.6 Å². The van der Waals surface area contributed by atoms with E-state index in [2.05, 4.69) is 21.2 Å². The van der Waals surface area contributed by atoms with Crippen molar-refractivity contribution < 1.29 is 9.59 Å². The Balaban J connectivity index is 2.34. The molecule has 1 aliphatic heterocycles. The summed E-state index contributed by atoms with van der Waals surface area (Å²) in [6, 6.07) is 4.73. The average Bonchev–Trinajstić information content (AvgIpc) is 2.35. The van der Waals surface area contributed by atoms with Gasteiger partial charge < -0.3 is 10.2 Å². The molecule has 0 radical (unpaired) electrons. The highest BCUT2D eigenvalue weighted by Gasteiger charge is 2.35. The summed E-state index contributed by atoms with van der Waals surface area (Å²) in [5, 5.41) is 3.23. The van der Waals surface area contributed by atoms with Crippen LogP contribution in [0.15, 0.2) is 22.7 Å². The lowest BCUT2D eigenvalue weighted by molar-refractivity contribution is -0.132. The van der Waals surface area contributed by atoms with Gasteiger partial charge in [0.25, 0.3) is 0 Å². The van der Waals surface area contributed by atoms with Gasteiger partial charge in [-0.15, -0.1) is 0 Å². The van der Waals surface area contributed by atoms with Crippen LogP contribution < -0.4 is 10.2 Å². The van der Waals surface area contributed by atoms with Gasteiger partial charge in [0.2, 0.25) is 11.8 Å². The van der Waals surface area contributed by atoms with Gasteiger partial charge in [-0.1, -0.05) is 25.4 Å². The Kier molecular flexibility index (Phi) is 4.16. The first-order valence-electron chi connectivity index (χ1n) is 5.96. The first-order chi connectivity index (χ1) is 8.90. The molecule has 1 atom stereocenters. The molecule has 2 rings (SSSR count). The first kappa shape index (κ1) is 14.3. The molecule has 1 N–H and O–H groups in total. The van der Waals surface area contributed by atoms with Crippen LogP contribution in [0.5, 0.6) is 0 Å². The second-order valence-electron chi connectivity index (χ2n) is 4.81. The molecule has 1 fully saturated rings. The van der Waals surface area contributed by atoms with Gasteiger partial charge in [0.05, 0.1) is 5.02 Å². The molecule has 102 valence electrons. The molecule has 1 aromatic rings. The fraction of sp³-hybridized carbons (Fsp3) is 0.385. The summed E-state index contributed by atoms with van der Waals surface area (Å²) in [7, 11) is 0. The highest BCUT2D eigenvalue weighted by Crippen LogP contribution is 2.29. The summed E-state index contributed by atoms with van der Waals surface area (Å²) < 4.78 is 0.757. The maximum atomic E-state index is 12.4. The zero-order valence-electron chi connectivity index (χ0n) is 10.6. The van der Waals surface area contributed by atoms with Crippen molar-refractivity contribution in [3.05, 3.63) is 27.7 Å². The molecule has 2 amide bonds. The Morgan fingerprint density at radius 2 is 2.11 bits per heavy atom. The van der Waals surface area contributed by atoms with Crippen molar-refractivity contribution in [1.82, 2.24) is 5.32 Å². The Morgan fingerprint density at radius 1 is 1.42 bits per heavy atom. The van der Waals surface area contributed by atoms with Crippen LogP contribution in [0.2, 0.25) is 5.02 Å². The molecule has 1 heterocycles. The predicted octanol–water partition coefficient (Wildman–Crippen LogP) is 2.59. The number of halogens is 2. The monoisotopic (exact) mass is 344 g/mol. The van der Waals surface area contributed by atoms with Gasteiger partial charge in [-0.25, -0.2) is 0 Å².